The van der Waals surface area contributed by atoms with E-state index in [1.165, 1.54) is 29.7 Å². The summed E-state index contributed by atoms with van der Waals surface area (Å²) in [6, 6.07) is 11.7. The number of anilines is 2. The highest BCUT2D eigenvalue weighted by Gasteiger charge is 2.30. The second-order valence-corrected chi connectivity index (χ2v) is 11.7. The second kappa shape index (κ2) is 10.9. The Hall–Kier alpha value is -3.80. The first-order valence-corrected chi connectivity index (χ1v) is 14.4. The van der Waals surface area contributed by atoms with E-state index < -0.39 is 17.2 Å². The van der Waals surface area contributed by atoms with Gasteiger partial charge in [0.15, 0.2) is 10.6 Å². The summed E-state index contributed by atoms with van der Waals surface area (Å²) in [5.41, 5.74) is 1.77. The zero-order chi connectivity index (χ0) is 28.8. The predicted molar refractivity (Wildman–Crippen MR) is 157 cm³/mol. The normalized spacial score (nSPS) is 17.5. The van der Waals surface area contributed by atoms with Crippen LogP contribution >= 0.6 is 11.3 Å². The molecule has 0 aliphatic carbocycles. The molecule has 1 N–H and O–H groups in total. The number of halogens is 1. The smallest absolute Gasteiger partial charge is 0.341 e. The van der Waals surface area contributed by atoms with E-state index in [1.54, 1.807) is 23.8 Å². The van der Waals surface area contributed by atoms with Gasteiger partial charge in [0.25, 0.3) is 0 Å². The zero-order valence-corrected chi connectivity index (χ0v) is 23.9. The van der Waals surface area contributed by atoms with Gasteiger partial charge in [-0.3, -0.25) is 4.79 Å². The monoisotopic (exact) mass is 578 g/mol. The molecule has 6 rings (SSSR count). The van der Waals surface area contributed by atoms with Gasteiger partial charge in [0.1, 0.15) is 11.4 Å². The van der Waals surface area contributed by atoms with Crippen LogP contribution in [-0.2, 0) is 9.47 Å². The summed E-state index contributed by atoms with van der Waals surface area (Å²) < 4.78 is 29.2. The minimum atomic E-state index is -1.32. The first-order chi connectivity index (χ1) is 19.7. The number of aromatic carboxylic acids is 1. The molecule has 4 heterocycles. The molecular formula is C30H31FN4O5S. The molecule has 1 atom stereocenters. The zero-order valence-electron chi connectivity index (χ0n) is 23.0. The second-order valence-electron chi connectivity index (χ2n) is 10.7. The van der Waals surface area contributed by atoms with Gasteiger partial charge in [-0.25, -0.2) is 14.2 Å². The van der Waals surface area contributed by atoms with Gasteiger partial charge < -0.3 is 28.9 Å². The lowest BCUT2D eigenvalue weighted by molar-refractivity contribution is -0.00719. The Bertz CT molecular complexity index is 1680. The Labute approximate surface area is 240 Å². The third-order valence-corrected chi connectivity index (χ3v) is 8.64. The molecular weight excluding hydrogens is 547 g/mol. The molecule has 2 fully saturated rings. The van der Waals surface area contributed by atoms with Gasteiger partial charge >= 0.3 is 5.97 Å². The summed E-state index contributed by atoms with van der Waals surface area (Å²) in [6.45, 7) is 6.90. The first kappa shape index (κ1) is 27.4. The number of methoxy groups -OCH3 is 1. The van der Waals surface area contributed by atoms with Crippen LogP contribution in [0.1, 0.15) is 30.6 Å². The standard InChI is InChI=1S/C30H31FN4O5S/c1-17(2)40-21-14-34(15-21)30-32-24-6-5-19(11-28(24)41-30)35-16-22(29(37)38)27(36)12-26(35)18-4-7-25(23(31)10-18)33-9-8-20(13-33)39-3/h4-7,10-12,16-17,20-21H,8-9,13-15H2,1-3H3,(H,37,38). The topological polar surface area (TPSA) is 97.1 Å². The number of carboxylic acids is 1. The Morgan fingerprint density at radius 1 is 1.10 bits per heavy atom. The van der Waals surface area contributed by atoms with Crippen LogP contribution in [0.4, 0.5) is 15.2 Å². The van der Waals surface area contributed by atoms with Crippen molar-refractivity contribution in [2.24, 2.45) is 0 Å². The van der Waals surface area contributed by atoms with Crippen LogP contribution < -0.4 is 15.2 Å². The molecule has 0 radical (unpaired) electrons. The third-order valence-electron chi connectivity index (χ3n) is 7.57. The van der Waals surface area contributed by atoms with Gasteiger partial charge in [-0.1, -0.05) is 17.4 Å². The molecule has 0 bridgehead atoms. The van der Waals surface area contributed by atoms with Crippen molar-refractivity contribution in [2.75, 3.05) is 43.1 Å². The number of nitrogens with zero attached hydrogens (tertiary/aromatic N) is 4. The maximum atomic E-state index is 15.4. The number of ether oxygens (including phenoxy) is 2. The van der Waals surface area contributed by atoms with E-state index in [1.807, 2.05) is 36.9 Å². The number of benzene rings is 2. The van der Waals surface area contributed by atoms with Crippen molar-refractivity contribution >= 4 is 38.3 Å². The number of hydrogen-bond donors (Lipinski definition) is 1. The summed E-state index contributed by atoms with van der Waals surface area (Å²) in [4.78, 5) is 33.5. The lowest BCUT2D eigenvalue weighted by Crippen LogP contribution is -2.53. The van der Waals surface area contributed by atoms with E-state index in [2.05, 4.69) is 4.90 Å². The maximum absolute atomic E-state index is 15.4. The molecule has 11 heteroatoms. The Kier molecular flexibility index (Phi) is 7.27. The lowest BCUT2D eigenvalue weighted by Gasteiger charge is -2.39. The fourth-order valence-corrected chi connectivity index (χ4v) is 6.46. The van der Waals surface area contributed by atoms with Crippen molar-refractivity contribution < 1.29 is 23.8 Å². The van der Waals surface area contributed by atoms with E-state index in [4.69, 9.17) is 14.5 Å². The van der Waals surface area contributed by atoms with Gasteiger partial charge in [-0.15, -0.1) is 0 Å². The van der Waals surface area contributed by atoms with Crippen molar-refractivity contribution in [1.82, 2.24) is 9.55 Å². The number of carboxylic acid groups (broad SMARTS) is 1. The number of thiazole rings is 1. The van der Waals surface area contributed by atoms with Gasteiger partial charge in [-0.2, -0.15) is 0 Å². The molecule has 4 aromatic rings. The van der Waals surface area contributed by atoms with Crippen molar-refractivity contribution in [3.63, 3.8) is 0 Å². The SMILES string of the molecule is COC1CCN(c2ccc(-c3cc(=O)c(C(=O)O)cn3-c3ccc4nc(N5CC(OC(C)C)C5)sc4c3)cc2F)C1. The van der Waals surface area contributed by atoms with Crippen LogP contribution in [0.25, 0.3) is 27.2 Å². The molecule has 214 valence electrons. The number of rotatable bonds is 8. The summed E-state index contributed by atoms with van der Waals surface area (Å²) in [7, 11) is 1.65. The Morgan fingerprint density at radius 3 is 2.56 bits per heavy atom. The van der Waals surface area contributed by atoms with E-state index in [-0.39, 0.29) is 23.9 Å². The number of pyridine rings is 1. The molecule has 2 aromatic carbocycles. The molecule has 2 saturated heterocycles. The van der Waals surface area contributed by atoms with Crippen molar-refractivity contribution in [2.45, 2.75) is 38.6 Å². The average molecular weight is 579 g/mol. The number of hydrogen-bond acceptors (Lipinski definition) is 8. The molecule has 1 unspecified atom stereocenters. The van der Waals surface area contributed by atoms with E-state index in [9.17, 15) is 14.7 Å². The quantitative estimate of drug-likeness (QED) is 0.319. The average Bonchev–Trinajstić information content (AvgIpc) is 3.56. The van der Waals surface area contributed by atoms with Crippen LogP contribution in [0, 0.1) is 5.82 Å². The highest BCUT2D eigenvalue weighted by atomic mass is 32.1. The van der Waals surface area contributed by atoms with Crippen LogP contribution in [0.2, 0.25) is 0 Å². The third kappa shape index (κ3) is 5.32. The van der Waals surface area contributed by atoms with E-state index in [0.29, 0.717) is 35.7 Å². The summed E-state index contributed by atoms with van der Waals surface area (Å²) >= 11 is 1.54. The summed E-state index contributed by atoms with van der Waals surface area (Å²) in [6.07, 6.45) is 2.55. The maximum Gasteiger partial charge on any atom is 0.341 e. The minimum Gasteiger partial charge on any atom is -0.477 e. The van der Waals surface area contributed by atoms with Crippen LogP contribution in [-0.4, -0.2) is 72.2 Å². The summed E-state index contributed by atoms with van der Waals surface area (Å²) in [5, 5.41) is 10.6. The Morgan fingerprint density at radius 2 is 1.88 bits per heavy atom. The van der Waals surface area contributed by atoms with Gasteiger partial charge in [0.05, 0.1) is 39.9 Å². The fourth-order valence-electron chi connectivity index (χ4n) is 5.44. The van der Waals surface area contributed by atoms with Gasteiger partial charge in [0, 0.05) is 56.8 Å². The largest absolute Gasteiger partial charge is 0.477 e. The Balaban J connectivity index is 1.36. The van der Waals surface area contributed by atoms with Crippen LogP contribution in [0.3, 0.4) is 0 Å². The van der Waals surface area contributed by atoms with Crippen molar-refractivity contribution in [3.05, 3.63) is 70.3 Å². The van der Waals surface area contributed by atoms with E-state index >= 15 is 4.39 Å². The highest BCUT2D eigenvalue weighted by Crippen LogP contribution is 2.35. The van der Waals surface area contributed by atoms with Crippen molar-refractivity contribution in [3.8, 4) is 16.9 Å². The molecule has 0 amide bonds. The van der Waals surface area contributed by atoms with Crippen LogP contribution in [0.15, 0.2) is 53.5 Å². The molecule has 41 heavy (non-hydrogen) atoms. The molecule has 0 spiro atoms. The van der Waals surface area contributed by atoms with E-state index in [0.717, 1.165) is 34.9 Å². The van der Waals surface area contributed by atoms with Crippen molar-refractivity contribution in [1.29, 1.82) is 0 Å². The minimum absolute atomic E-state index is 0.0564. The predicted octanol–water partition coefficient (Wildman–Crippen LogP) is 4.79. The highest BCUT2D eigenvalue weighted by molar-refractivity contribution is 7.22. The van der Waals surface area contributed by atoms with Gasteiger partial charge in [-0.05, 0) is 50.6 Å². The fraction of sp³-hybridized carbons (Fsp3) is 0.367. The molecule has 0 saturated carbocycles. The number of fused-ring (bicyclic) bond motifs is 1. The number of aromatic nitrogens is 2. The van der Waals surface area contributed by atoms with Crippen LogP contribution in [0.5, 0.6) is 0 Å². The molecule has 2 aliphatic heterocycles. The first-order valence-electron chi connectivity index (χ1n) is 13.6. The molecule has 2 aliphatic rings. The summed E-state index contributed by atoms with van der Waals surface area (Å²) in [5.74, 6) is -1.74. The number of carbonyl (C=O) groups is 1. The molecule has 2 aromatic heterocycles. The lowest BCUT2D eigenvalue weighted by atomic mass is 10.1. The van der Waals surface area contributed by atoms with Gasteiger partial charge in [0.2, 0.25) is 0 Å². The molecule has 9 nitrogen and oxygen atoms in total.